The van der Waals surface area contributed by atoms with Gasteiger partial charge in [0, 0.05) is 18.1 Å². The van der Waals surface area contributed by atoms with Crippen molar-refractivity contribution in [3.05, 3.63) is 58.1 Å². The van der Waals surface area contributed by atoms with Crippen LogP contribution < -0.4 is 9.64 Å². The van der Waals surface area contributed by atoms with Crippen molar-refractivity contribution in [1.29, 1.82) is 0 Å². The van der Waals surface area contributed by atoms with Crippen LogP contribution in [0.4, 0.5) is 5.69 Å². The lowest BCUT2D eigenvalue weighted by Gasteiger charge is -2.30. The van der Waals surface area contributed by atoms with Crippen molar-refractivity contribution in [2.24, 2.45) is 5.92 Å². The number of anilines is 1. The second-order valence-electron chi connectivity index (χ2n) is 7.48. The van der Waals surface area contributed by atoms with Gasteiger partial charge in [0.05, 0.1) is 29.8 Å². The molecule has 0 N–H and O–H groups in total. The van der Waals surface area contributed by atoms with E-state index in [0.717, 1.165) is 30.8 Å². The summed E-state index contributed by atoms with van der Waals surface area (Å²) in [5, 5.41) is 4.98. The van der Waals surface area contributed by atoms with Gasteiger partial charge in [-0.05, 0) is 42.3 Å². The number of benzene rings is 2. The highest BCUT2D eigenvalue weighted by Gasteiger charge is 2.63. The van der Waals surface area contributed by atoms with Gasteiger partial charge in [0.25, 0.3) is 5.91 Å². The third-order valence-electron chi connectivity index (χ3n) is 6.01. The number of amides is 2. The van der Waals surface area contributed by atoms with E-state index in [1.807, 2.05) is 24.3 Å². The van der Waals surface area contributed by atoms with Crippen molar-refractivity contribution in [3.8, 4) is 5.75 Å². The summed E-state index contributed by atoms with van der Waals surface area (Å²) in [7, 11) is 1.62. The summed E-state index contributed by atoms with van der Waals surface area (Å²) in [5.74, 6) is -0.181. The summed E-state index contributed by atoms with van der Waals surface area (Å²) in [5.41, 5.74) is 1.38. The summed E-state index contributed by atoms with van der Waals surface area (Å²) in [4.78, 5) is 28.1. The smallest absolute Gasteiger partial charge is 0.253 e. The molecule has 3 heterocycles. The first kappa shape index (κ1) is 18.9. The topological polar surface area (TPSA) is 53.1 Å². The van der Waals surface area contributed by atoms with Gasteiger partial charge in [0.15, 0.2) is 0 Å². The third-order valence-corrected chi connectivity index (χ3v) is 6.55. The first-order valence-corrected chi connectivity index (χ1v) is 10.3. The number of rotatable bonds is 3. The maximum absolute atomic E-state index is 13.5. The second-order valence-corrected chi connectivity index (χ2v) is 8.32. The number of ether oxygens (including phenoxy) is 1. The number of hydrazine groups is 1. The highest BCUT2D eigenvalue weighted by atomic mass is 35.5. The van der Waals surface area contributed by atoms with E-state index in [1.54, 1.807) is 25.3 Å². The van der Waals surface area contributed by atoms with Crippen molar-refractivity contribution < 1.29 is 14.3 Å². The molecule has 0 radical (unpaired) electrons. The number of methoxy groups -OCH3 is 1. The molecule has 0 aliphatic carbocycles. The standard InChI is InChI=1S/C21H19Cl2N3O3/c1-29-14-6-3-12(4-7-14)18-17-19(25-10-2-9-24(18)25)21(28)26(20(17)27)16-8-5-13(22)11-15(16)23/h3-8,11,17-19H,2,9-10H2,1H3/t17-,18+,19-/m1/s1. The van der Waals surface area contributed by atoms with E-state index in [4.69, 9.17) is 27.9 Å². The maximum Gasteiger partial charge on any atom is 0.253 e. The third kappa shape index (κ3) is 2.78. The predicted octanol–water partition coefficient (Wildman–Crippen LogP) is 3.54. The van der Waals surface area contributed by atoms with Crippen molar-refractivity contribution in [2.45, 2.75) is 18.5 Å². The molecule has 0 unspecified atom stereocenters. The Morgan fingerprint density at radius 1 is 0.931 bits per heavy atom. The van der Waals surface area contributed by atoms with Gasteiger partial charge < -0.3 is 4.74 Å². The zero-order valence-corrected chi connectivity index (χ0v) is 17.2. The quantitative estimate of drug-likeness (QED) is 0.695. The van der Waals surface area contributed by atoms with Gasteiger partial charge >= 0.3 is 0 Å². The lowest BCUT2D eigenvalue weighted by molar-refractivity contribution is -0.126. The molecule has 6 nitrogen and oxygen atoms in total. The molecule has 2 aromatic carbocycles. The number of hydrogen-bond acceptors (Lipinski definition) is 5. The van der Waals surface area contributed by atoms with Crippen molar-refractivity contribution >= 4 is 40.7 Å². The molecule has 2 aromatic rings. The molecule has 0 spiro atoms. The maximum atomic E-state index is 13.5. The van der Waals surface area contributed by atoms with E-state index in [1.165, 1.54) is 4.90 Å². The Kier molecular flexibility index (Phi) is 4.55. The molecule has 0 aromatic heterocycles. The van der Waals surface area contributed by atoms with Crippen LogP contribution in [0.15, 0.2) is 42.5 Å². The molecule has 0 saturated carbocycles. The van der Waals surface area contributed by atoms with Crippen LogP contribution in [0.1, 0.15) is 18.0 Å². The van der Waals surface area contributed by atoms with E-state index >= 15 is 0 Å². The number of carbonyl (C=O) groups excluding carboxylic acids is 2. The Morgan fingerprint density at radius 2 is 1.62 bits per heavy atom. The van der Waals surface area contributed by atoms with Crippen LogP contribution in [-0.4, -0.2) is 48.1 Å². The molecule has 3 aliphatic rings. The van der Waals surface area contributed by atoms with E-state index < -0.39 is 12.0 Å². The number of nitrogens with zero attached hydrogens (tertiary/aromatic N) is 3. The number of fused-ring (bicyclic) bond motifs is 3. The number of imide groups is 1. The van der Waals surface area contributed by atoms with Crippen LogP contribution >= 0.6 is 23.2 Å². The zero-order chi connectivity index (χ0) is 20.3. The Morgan fingerprint density at radius 3 is 2.28 bits per heavy atom. The minimum atomic E-state index is -0.510. The minimum Gasteiger partial charge on any atom is -0.497 e. The number of halogens is 2. The van der Waals surface area contributed by atoms with E-state index in [9.17, 15) is 9.59 Å². The van der Waals surface area contributed by atoms with Crippen LogP contribution in [0, 0.1) is 5.92 Å². The molecule has 5 rings (SSSR count). The highest BCUT2D eigenvalue weighted by Crippen LogP contribution is 2.49. The lowest BCUT2D eigenvalue weighted by Crippen LogP contribution is -2.44. The van der Waals surface area contributed by atoms with Crippen LogP contribution in [0.25, 0.3) is 0 Å². The fourth-order valence-corrected chi connectivity index (χ4v) is 5.31. The molecule has 150 valence electrons. The molecule has 3 aliphatic heterocycles. The van der Waals surface area contributed by atoms with Gasteiger partial charge in [-0.2, -0.15) is 0 Å². The van der Waals surface area contributed by atoms with Crippen molar-refractivity contribution in [3.63, 3.8) is 0 Å². The van der Waals surface area contributed by atoms with Crippen molar-refractivity contribution in [2.75, 3.05) is 25.1 Å². The summed E-state index contributed by atoms with van der Waals surface area (Å²) in [6, 6.07) is 11.8. The Hall–Kier alpha value is -2.12. The summed E-state index contributed by atoms with van der Waals surface area (Å²) in [6.07, 6.45) is 0.957. The second kappa shape index (κ2) is 6.99. The average molecular weight is 432 g/mol. The fourth-order valence-electron chi connectivity index (χ4n) is 4.81. The largest absolute Gasteiger partial charge is 0.497 e. The normalized spacial score (nSPS) is 26.9. The van der Waals surface area contributed by atoms with Gasteiger partial charge in [0.1, 0.15) is 11.8 Å². The van der Waals surface area contributed by atoms with E-state index in [0.29, 0.717) is 15.7 Å². The van der Waals surface area contributed by atoms with Gasteiger partial charge in [-0.1, -0.05) is 35.3 Å². The monoisotopic (exact) mass is 431 g/mol. The lowest BCUT2D eigenvalue weighted by atomic mass is 9.90. The van der Waals surface area contributed by atoms with Crippen molar-refractivity contribution in [1.82, 2.24) is 10.0 Å². The first-order chi connectivity index (χ1) is 14.0. The summed E-state index contributed by atoms with van der Waals surface area (Å²) in [6.45, 7) is 1.58. The Balaban J connectivity index is 1.57. The SMILES string of the molecule is COc1ccc([C@H]2[C@H]3C(=O)N(c4ccc(Cl)cc4Cl)C(=O)[C@@H]3N3CCCN23)cc1. The van der Waals surface area contributed by atoms with Gasteiger partial charge in [-0.25, -0.2) is 14.9 Å². The zero-order valence-electron chi connectivity index (χ0n) is 15.7. The molecule has 0 bridgehead atoms. The molecular formula is C21H19Cl2N3O3. The van der Waals surface area contributed by atoms with Crippen LogP contribution in [0.2, 0.25) is 10.0 Å². The molecule has 8 heteroatoms. The molecule has 3 atom stereocenters. The fraction of sp³-hybridized carbons (Fsp3) is 0.333. The Bertz CT molecular complexity index is 997. The van der Waals surface area contributed by atoms with Crippen LogP contribution in [-0.2, 0) is 9.59 Å². The van der Waals surface area contributed by atoms with Crippen LogP contribution in [0.5, 0.6) is 5.75 Å². The number of hydrogen-bond donors (Lipinski definition) is 0. The molecule has 3 fully saturated rings. The minimum absolute atomic E-state index is 0.194. The van der Waals surface area contributed by atoms with E-state index in [2.05, 4.69) is 10.0 Å². The number of carbonyl (C=O) groups is 2. The first-order valence-electron chi connectivity index (χ1n) is 9.51. The van der Waals surface area contributed by atoms with Gasteiger partial charge in [0.2, 0.25) is 5.91 Å². The average Bonchev–Trinajstić information content (AvgIpc) is 3.35. The molecule has 2 amide bonds. The molecule has 29 heavy (non-hydrogen) atoms. The highest BCUT2D eigenvalue weighted by molar-refractivity contribution is 6.38. The summed E-state index contributed by atoms with van der Waals surface area (Å²) >= 11 is 12.3. The predicted molar refractivity (Wildman–Crippen MR) is 110 cm³/mol. The summed E-state index contributed by atoms with van der Waals surface area (Å²) < 4.78 is 5.26. The van der Waals surface area contributed by atoms with Gasteiger partial charge in [-0.3, -0.25) is 9.59 Å². The molecule has 3 saturated heterocycles. The molecular weight excluding hydrogens is 413 g/mol. The van der Waals surface area contributed by atoms with Gasteiger partial charge in [-0.15, -0.1) is 0 Å². The Labute approximate surface area is 178 Å². The van der Waals surface area contributed by atoms with Crippen LogP contribution in [0.3, 0.4) is 0 Å². The van der Waals surface area contributed by atoms with E-state index in [-0.39, 0.29) is 17.9 Å².